The number of carbonyl (C=O) groups excluding carboxylic acids is 1. The number of aromatic nitrogens is 2. The predicted molar refractivity (Wildman–Crippen MR) is 94.3 cm³/mol. The van der Waals surface area contributed by atoms with Crippen LogP contribution in [0.2, 0.25) is 0 Å². The van der Waals surface area contributed by atoms with Gasteiger partial charge in [-0.05, 0) is 43.2 Å². The molecule has 3 rings (SSSR count). The molecule has 5 heteroatoms. The minimum Gasteiger partial charge on any atom is -0.497 e. The SMILES string of the molecule is CCC(NC(=O)c1n[nH]c2ccc(C)cc12)c1ccc(OC)cc1. The largest absolute Gasteiger partial charge is 0.497 e. The molecule has 0 saturated heterocycles. The van der Waals surface area contributed by atoms with E-state index in [9.17, 15) is 4.79 Å². The van der Waals surface area contributed by atoms with E-state index in [0.717, 1.165) is 34.2 Å². The Morgan fingerprint density at radius 1 is 1.25 bits per heavy atom. The minimum absolute atomic E-state index is 0.0695. The van der Waals surface area contributed by atoms with E-state index in [2.05, 4.69) is 15.5 Å². The summed E-state index contributed by atoms with van der Waals surface area (Å²) in [6, 6.07) is 13.6. The lowest BCUT2D eigenvalue weighted by Crippen LogP contribution is -2.28. The van der Waals surface area contributed by atoms with Crippen molar-refractivity contribution in [2.45, 2.75) is 26.3 Å². The quantitative estimate of drug-likeness (QED) is 0.751. The third-order valence-electron chi connectivity index (χ3n) is 4.17. The van der Waals surface area contributed by atoms with Crippen LogP contribution in [0.5, 0.6) is 5.75 Å². The Balaban J connectivity index is 1.84. The van der Waals surface area contributed by atoms with Gasteiger partial charge in [0.05, 0.1) is 18.7 Å². The van der Waals surface area contributed by atoms with Crippen molar-refractivity contribution >= 4 is 16.8 Å². The Labute approximate surface area is 141 Å². The van der Waals surface area contributed by atoms with Crippen LogP contribution in [0.4, 0.5) is 0 Å². The molecular formula is C19H21N3O2. The number of benzene rings is 2. The summed E-state index contributed by atoms with van der Waals surface area (Å²) in [6.45, 7) is 4.04. The van der Waals surface area contributed by atoms with E-state index in [4.69, 9.17) is 4.74 Å². The number of fused-ring (bicyclic) bond motifs is 1. The Morgan fingerprint density at radius 3 is 2.67 bits per heavy atom. The summed E-state index contributed by atoms with van der Waals surface area (Å²) < 4.78 is 5.18. The van der Waals surface area contributed by atoms with Crippen LogP contribution in [0, 0.1) is 6.92 Å². The first kappa shape index (κ1) is 16.1. The molecule has 0 aliphatic rings. The lowest BCUT2D eigenvalue weighted by atomic mass is 10.0. The summed E-state index contributed by atoms with van der Waals surface area (Å²) in [7, 11) is 1.64. The number of methoxy groups -OCH3 is 1. The lowest BCUT2D eigenvalue weighted by Gasteiger charge is -2.17. The number of carbonyl (C=O) groups is 1. The van der Waals surface area contributed by atoms with Gasteiger partial charge in [-0.15, -0.1) is 0 Å². The lowest BCUT2D eigenvalue weighted by molar-refractivity contribution is 0.0932. The van der Waals surface area contributed by atoms with Crippen molar-refractivity contribution in [3.63, 3.8) is 0 Å². The molecule has 0 aliphatic heterocycles. The van der Waals surface area contributed by atoms with Crippen molar-refractivity contribution in [1.29, 1.82) is 0 Å². The number of rotatable bonds is 5. The molecule has 1 aromatic heterocycles. The van der Waals surface area contributed by atoms with E-state index >= 15 is 0 Å². The molecule has 1 amide bonds. The Hall–Kier alpha value is -2.82. The van der Waals surface area contributed by atoms with Gasteiger partial charge in [0.25, 0.3) is 5.91 Å². The van der Waals surface area contributed by atoms with Gasteiger partial charge < -0.3 is 10.1 Å². The van der Waals surface area contributed by atoms with E-state index < -0.39 is 0 Å². The number of nitrogens with one attached hydrogen (secondary N) is 2. The second-order valence-corrected chi connectivity index (χ2v) is 5.83. The highest BCUT2D eigenvalue weighted by Crippen LogP contribution is 2.22. The maximum absolute atomic E-state index is 12.7. The number of hydrogen-bond acceptors (Lipinski definition) is 3. The number of H-pyrrole nitrogens is 1. The molecule has 1 unspecified atom stereocenters. The van der Waals surface area contributed by atoms with Crippen LogP contribution in [0.1, 0.15) is 41.0 Å². The molecule has 0 fully saturated rings. The molecule has 5 nitrogen and oxygen atoms in total. The second-order valence-electron chi connectivity index (χ2n) is 5.83. The van der Waals surface area contributed by atoms with Crippen molar-refractivity contribution in [3.05, 3.63) is 59.3 Å². The van der Waals surface area contributed by atoms with Crippen LogP contribution in [-0.2, 0) is 0 Å². The Bertz CT molecular complexity index is 853. The molecule has 1 heterocycles. The summed E-state index contributed by atoms with van der Waals surface area (Å²) in [6.07, 6.45) is 0.791. The first-order chi connectivity index (χ1) is 11.6. The Kier molecular flexibility index (Phi) is 4.51. The zero-order valence-electron chi connectivity index (χ0n) is 14.1. The average molecular weight is 323 g/mol. The van der Waals surface area contributed by atoms with Crippen molar-refractivity contribution in [3.8, 4) is 5.75 Å². The first-order valence-corrected chi connectivity index (χ1v) is 8.02. The van der Waals surface area contributed by atoms with Gasteiger partial charge in [-0.1, -0.05) is 30.7 Å². The zero-order chi connectivity index (χ0) is 17.1. The van der Waals surface area contributed by atoms with Crippen molar-refractivity contribution in [1.82, 2.24) is 15.5 Å². The van der Waals surface area contributed by atoms with Gasteiger partial charge in [0, 0.05) is 5.39 Å². The van der Waals surface area contributed by atoms with E-state index in [1.807, 2.05) is 56.3 Å². The third kappa shape index (κ3) is 3.11. The molecule has 124 valence electrons. The van der Waals surface area contributed by atoms with Gasteiger partial charge in [-0.3, -0.25) is 9.89 Å². The highest BCUT2D eigenvalue weighted by Gasteiger charge is 2.18. The number of amides is 1. The van der Waals surface area contributed by atoms with Gasteiger partial charge in [-0.2, -0.15) is 5.10 Å². The van der Waals surface area contributed by atoms with Gasteiger partial charge >= 0.3 is 0 Å². The molecule has 0 saturated carbocycles. The fourth-order valence-corrected chi connectivity index (χ4v) is 2.78. The molecule has 24 heavy (non-hydrogen) atoms. The molecular weight excluding hydrogens is 302 g/mol. The van der Waals surface area contributed by atoms with E-state index in [1.54, 1.807) is 7.11 Å². The molecule has 2 aromatic carbocycles. The van der Waals surface area contributed by atoms with Crippen LogP contribution in [-0.4, -0.2) is 23.2 Å². The van der Waals surface area contributed by atoms with Gasteiger partial charge in [-0.25, -0.2) is 0 Å². The van der Waals surface area contributed by atoms with Crippen LogP contribution in [0.3, 0.4) is 0 Å². The summed E-state index contributed by atoms with van der Waals surface area (Å²) in [5.41, 5.74) is 3.44. The zero-order valence-corrected chi connectivity index (χ0v) is 14.1. The van der Waals surface area contributed by atoms with E-state index in [0.29, 0.717) is 5.69 Å². The maximum Gasteiger partial charge on any atom is 0.272 e. The highest BCUT2D eigenvalue weighted by atomic mass is 16.5. The molecule has 0 aliphatic carbocycles. The molecule has 1 atom stereocenters. The van der Waals surface area contributed by atoms with Crippen LogP contribution in [0.25, 0.3) is 10.9 Å². The highest BCUT2D eigenvalue weighted by molar-refractivity contribution is 6.04. The van der Waals surface area contributed by atoms with Crippen LogP contribution >= 0.6 is 0 Å². The maximum atomic E-state index is 12.7. The normalized spacial score (nSPS) is 12.1. The molecule has 3 aromatic rings. The van der Waals surface area contributed by atoms with E-state index in [1.165, 1.54) is 0 Å². The summed E-state index contributed by atoms with van der Waals surface area (Å²) >= 11 is 0. The monoisotopic (exact) mass is 323 g/mol. The number of hydrogen-bond donors (Lipinski definition) is 2. The topological polar surface area (TPSA) is 67.0 Å². The van der Waals surface area contributed by atoms with Crippen molar-refractivity contribution in [2.75, 3.05) is 7.11 Å². The minimum atomic E-state index is -0.172. The standard InChI is InChI=1S/C19H21N3O2/c1-4-16(13-6-8-14(24-3)9-7-13)20-19(23)18-15-11-12(2)5-10-17(15)21-22-18/h5-11,16H,4H2,1-3H3,(H,20,23)(H,21,22). The summed E-state index contributed by atoms with van der Waals surface area (Å²) in [5.74, 6) is 0.628. The number of ether oxygens (including phenoxy) is 1. The number of aryl methyl sites for hydroxylation is 1. The number of nitrogens with zero attached hydrogens (tertiary/aromatic N) is 1. The Morgan fingerprint density at radius 2 is 2.00 bits per heavy atom. The van der Waals surface area contributed by atoms with Crippen LogP contribution < -0.4 is 10.1 Å². The van der Waals surface area contributed by atoms with Gasteiger partial charge in [0.1, 0.15) is 5.75 Å². The van der Waals surface area contributed by atoms with Gasteiger partial charge in [0.2, 0.25) is 0 Å². The number of aromatic amines is 1. The van der Waals surface area contributed by atoms with Crippen LogP contribution in [0.15, 0.2) is 42.5 Å². The summed E-state index contributed by atoms with van der Waals surface area (Å²) in [4.78, 5) is 12.7. The summed E-state index contributed by atoms with van der Waals surface area (Å²) in [5, 5.41) is 11.0. The molecule has 0 radical (unpaired) electrons. The first-order valence-electron chi connectivity index (χ1n) is 8.02. The molecule has 0 spiro atoms. The average Bonchev–Trinajstić information content (AvgIpc) is 3.02. The van der Waals surface area contributed by atoms with Gasteiger partial charge in [0.15, 0.2) is 5.69 Å². The fourth-order valence-electron chi connectivity index (χ4n) is 2.78. The third-order valence-corrected chi connectivity index (χ3v) is 4.17. The predicted octanol–water partition coefficient (Wildman–Crippen LogP) is 3.76. The molecule has 2 N–H and O–H groups in total. The van der Waals surface area contributed by atoms with Crippen molar-refractivity contribution < 1.29 is 9.53 Å². The second kappa shape index (κ2) is 6.74. The molecule has 0 bridgehead atoms. The van der Waals surface area contributed by atoms with Crippen molar-refractivity contribution in [2.24, 2.45) is 0 Å². The smallest absolute Gasteiger partial charge is 0.272 e. The van der Waals surface area contributed by atoms with E-state index in [-0.39, 0.29) is 11.9 Å². The fraction of sp³-hybridized carbons (Fsp3) is 0.263.